The van der Waals surface area contributed by atoms with Gasteiger partial charge < -0.3 is 9.97 Å². The van der Waals surface area contributed by atoms with Crippen LogP contribution in [0.1, 0.15) is 37.1 Å². The molecule has 0 fully saturated rings. The van der Waals surface area contributed by atoms with E-state index >= 15 is 0 Å². The van der Waals surface area contributed by atoms with Gasteiger partial charge in [0.2, 0.25) is 11.9 Å². The number of aromatic amines is 2. The van der Waals surface area contributed by atoms with Crippen molar-refractivity contribution < 1.29 is 8.78 Å². The number of fused-ring (bicyclic) bond motifs is 4. The van der Waals surface area contributed by atoms with Crippen molar-refractivity contribution in [2.75, 3.05) is 0 Å². The molecule has 0 aliphatic carbocycles. The van der Waals surface area contributed by atoms with Crippen LogP contribution in [0.3, 0.4) is 0 Å². The Bertz CT molecular complexity index is 3270. The summed E-state index contributed by atoms with van der Waals surface area (Å²) in [6.07, 6.45) is 9.54. The van der Waals surface area contributed by atoms with Crippen molar-refractivity contribution in [2.45, 2.75) is 25.9 Å². The average Bonchev–Trinajstić information content (AvgIpc) is 3.97. The summed E-state index contributed by atoms with van der Waals surface area (Å²) < 4.78 is 35.5. The molecule has 2 atom stereocenters. The molecule has 0 saturated carbocycles. The molecule has 8 heterocycles. The van der Waals surface area contributed by atoms with Gasteiger partial charge in [-0.2, -0.15) is 9.97 Å². The van der Waals surface area contributed by atoms with E-state index in [-0.39, 0.29) is 45.7 Å². The molecule has 0 amide bonds. The zero-order valence-electron chi connectivity index (χ0n) is 29.3. The molecule has 10 aromatic rings. The highest BCUT2D eigenvalue weighted by Gasteiger charge is 2.27. The maximum atomic E-state index is 14.8. The molecular weight excluding hydrogens is 723 g/mol. The minimum atomic E-state index is -0.552. The highest BCUT2D eigenvalue weighted by atomic mass is 19.1. The second-order valence-corrected chi connectivity index (χ2v) is 13.2. The fourth-order valence-electron chi connectivity index (χ4n) is 7.09. The molecular formula is C38H26F2N14O2. The van der Waals surface area contributed by atoms with Crippen molar-refractivity contribution in [3.05, 3.63) is 142 Å². The van der Waals surface area contributed by atoms with Gasteiger partial charge in [0.15, 0.2) is 17.1 Å². The van der Waals surface area contributed by atoms with Crippen molar-refractivity contribution in [2.24, 2.45) is 0 Å². The van der Waals surface area contributed by atoms with Crippen LogP contribution in [-0.4, -0.2) is 68.1 Å². The molecule has 2 aromatic carbocycles. The van der Waals surface area contributed by atoms with E-state index in [1.807, 2.05) is 26.0 Å². The van der Waals surface area contributed by atoms with E-state index in [2.05, 4.69) is 29.9 Å². The first-order valence-electron chi connectivity index (χ1n) is 17.3. The van der Waals surface area contributed by atoms with Crippen molar-refractivity contribution in [3.63, 3.8) is 0 Å². The highest BCUT2D eigenvalue weighted by molar-refractivity contribution is 5.91. The number of benzene rings is 2. The second-order valence-electron chi connectivity index (χ2n) is 13.2. The molecule has 0 aliphatic heterocycles. The van der Waals surface area contributed by atoms with Crippen LogP contribution < -0.4 is 11.4 Å². The number of hydrogen-bond acceptors (Lipinski definition) is 10. The summed E-state index contributed by atoms with van der Waals surface area (Å²) in [6.45, 7) is 3.69. The fraction of sp³-hybridized carbons (Fsp3) is 0.105. The Labute approximate surface area is 311 Å². The first kappa shape index (κ1) is 32.9. The topological polar surface area (TPSA) is 189 Å². The number of nitrogens with zero attached hydrogens (tertiary/aromatic N) is 12. The van der Waals surface area contributed by atoms with Gasteiger partial charge in [0, 0.05) is 36.9 Å². The summed E-state index contributed by atoms with van der Waals surface area (Å²) in [6, 6.07) is 14.4. The molecule has 18 heteroatoms. The lowest BCUT2D eigenvalue weighted by Crippen LogP contribution is -2.22. The third-order valence-corrected chi connectivity index (χ3v) is 9.86. The summed E-state index contributed by atoms with van der Waals surface area (Å²) in [5.74, 6) is -0.817. The van der Waals surface area contributed by atoms with Gasteiger partial charge in [-0.1, -0.05) is 12.1 Å². The molecule has 2 unspecified atom stereocenters. The van der Waals surface area contributed by atoms with Crippen LogP contribution in [0.15, 0.2) is 108 Å². The minimum Gasteiger partial charge on any atom is -0.303 e. The van der Waals surface area contributed by atoms with E-state index in [0.717, 1.165) is 11.1 Å². The number of rotatable bonds is 7. The van der Waals surface area contributed by atoms with E-state index in [9.17, 15) is 18.4 Å². The molecule has 0 radical (unpaired) electrons. The third kappa shape index (κ3) is 5.10. The molecule has 56 heavy (non-hydrogen) atoms. The highest BCUT2D eigenvalue weighted by Crippen LogP contribution is 2.33. The van der Waals surface area contributed by atoms with E-state index in [1.165, 1.54) is 62.6 Å². The zero-order chi connectivity index (χ0) is 38.2. The van der Waals surface area contributed by atoms with Crippen LogP contribution in [0.5, 0.6) is 0 Å². The van der Waals surface area contributed by atoms with E-state index in [1.54, 1.807) is 41.5 Å². The fourth-order valence-corrected chi connectivity index (χ4v) is 7.09. The average molecular weight is 749 g/mol. The predicted octanol–water partition coefficient (Wildman–Crippen LogP) is 5.18. The number of hydrogen-bond donors (Lipinski definition) is 2. The van der Waals surface area contributed by atoms with Gasteiger partial charge in [0.05, 0.1) is 40.3 Å². The number of pyridine rings is 2. The van der Waals surface area contributed by atoms with Crippen molar-refractivity contribution in [3.8, 4) is 23.4 Å². The van der Waals surface area contributed by atoms with E-state index < -0.39 is 35.1 Å². The molecule has 8 aromatic heterocycles. The monoisotopic (exact) mass is 748 g/mol. The standard InChI is InChI=1S/C38H26F2N14O2/c1-19(21-5-3-11-41-15-21)52-32-27(46-37(52)55)17-43-35(49-32)54-28-10-8-23(39)13-26(28)45-33(54)30-31-34(53(38(56)48-31)20(2)22-6-4-12-42-16-22)50-36(47-30)51-18-44-25-9-7-24(40)14-29(25)51/h3-20H,1-2H3,(H,46,55)(H,48,56). The number of imidazole rings is 4. The van der Waals surface area contributed by atoms with Crippen molar-refractivity contribution in [1.82, 2.24) is 68.1 Å². The molecule has 10 rings (SSSR count). The van der Waals surface area contributed by atoms with Gasteiger partial charge in [-0.3, -0.25) is 28.2 Å². The van der Waals surface area contributed by atoms with Crippen LogP contribution >= 0.6 is 0 Å². The maximum Gasteiger partial charge on any atom is 0.328 e. The van der Waals surface area contributed by atoms with Gasteiger partial charge in [0.1, 0.15) is 34.7 Å². The Hall–Kier alpha value is -7.76. The molecule has 0 spiro atoms. The lowest BCUT2D eigenvalue weighted by atomic mass is 10.1. The summed E-state index contributed by atoms with van der Waals surface area (Å²) in [7, 11) is 0. The molecule has 2 N–H and O–H groups in total. The van der Waals surface area contributed by atoms with Crippen LogP contribution in [0, 0.1) is 11.6 Å². The van der Waals surface area contributed by atoms with E-state index in [0.29, 0.717) is 22.1 Å². The Balaban J connectivity index is 1.27. The van der Waals surface area contributed by atoms with Crippen LogP contribution in [0.25, 0.3) is 67.8 Å². The van der Waals surface area contributed by atoms with Crippen LogP contribution in [-0.2, 0) is 0 Å². The second kappa shape index (κ2) is 12.4. The molecule has 0 bridgehead atoms. The van der Waals surface area contributed by atoms with Crippen LogP contribution in [0.2, 0.25) is 0 Å². The van der Waals surface area contributed by atoms with Crippen molar-refractivity contribution in [1.29, 1.82) is 0 Å². The lowest BCUT2D eigenvalue weighted by Gasteiger charge is -2.15. The maximum absolute atomic E-state index is 14.8. The quantitative estimate of drug-likeness (QED) is 0.220. The number of nitrogens with one attached hydrogen (secondary N) is 2. The first-order valence-corrected chi connectivity index (χ1v) is 17.3. The normalized spacial score (nSPS) is 13.0. The molecule has 16 nitrogen and oxygen atoms in total. The Morgan fingerprint density at radius 1 is 0.661 bits per heavy atom. The Kier molecular flexibility index (Phi) is 7.28. The molecule has 0 aliphatic rings. The third-order valence-electron chi connectivity index (χ3n) is 9.86. The first-order chi connectivity index (χ1) is 27.2. The van der Waals surface area contributed by atoms with Gasteiger partial charge in [-0.05, 0) is 61.4 Å². The summed E-state index contributed by atoms with van der Waals surface area (Å²) in [5.41, 5.74) is 3.26. The number of H-pyrrole nitrogens is 2. The predicted molar refractivity (Wildman–Crippen MR) is 201 cm³/mol. The van der Waals surface area contributed by atoms with Crippen LogP contribution in [0.4, 0.5) is 8.78 Å². The van der Waals surface area contributed by atoms with Gasteiger partial charge in [-0.25, -0.2) is 38.3 Å². The molecule has 0 saturated heterocycles. The summed E-state index contributed by atoms with van der Waals surface area (Å²) >= 11 is 0. The largest absolute Gasteiger partial charge is 0.328 e. The van der Waals surface area contributed by atoms with Gasteiger partial charge in [0.25, 0.3) is 0 Å². The lowest BCUT2D eigenvalue weighted by molar-refractivity contribution is 0.627. The molecule has 274 valence electrons. The smallest absolute Gasteiger partial charge is 0.303 e. The zero-order valence-corrected chi connectivity index (χ0v) is 29.3. The Morgan fingerprint density at radius 2 is 1.34 bits per heavy atom. The SMILES string of the molecule is CC(c1cccnc1)n1c(=O)[nH]c2cnc(-n3c(-c4nc(-n5cnc6ccc(F)cc65)nc5c4[nH]c(=O)n5C(C)c4cccnc4)nc4cc(F)ccc43)nc21. The van der Waals surface area contributed by atoms with E-state index in [4.69, 9.17) is 19.9 Å². The van der Waals surface area contributed by atoms with Gasteiger partial charge in [-0.15, -0.1) is 0 Å². The summed E-state index contributed by atoms with van der Waals surface area (Å²) in [4.78, 5) is 70.1. The number of halogens is 2. The van der Waals surface area contributed by atoms with Crippen molar-refractivity contribution >= 4 is 44.4 Å². The number of aromatic nitrogens is 14. The minimum absolute atomic E-state index is 0.0395. The summed E-state index contributed by atoms with van der Waals surface area (Å²) in [5, 5.41) is 0. The van der Waals surface area contributed by atoms with Gasteiger partial charge >= 0.3 is 11.4 Å². The Morgan fingerprint density at radius 3 is 2.07 bits per heavy atom.